The van der Waals surface area contributed by atoms with Gasteiger partial charge in [0.2, 0.25) is 0 Å². The van der Waals surface area contributed by atoms with Crippen LogP contribution in [0.5, 0.6) is 5.75 Å². The molecule has 2 rings (SSSR count). The highest BCUT2D eigenvalue weighted by molar-refractivity contribution is 6.10. The Labute approximate surface area is 163 Å². The molecule has 0 radical (unpaired) electrons. The quantitative estimate of drug-likeness (QED) is 0.282. The normalized spacial score (nSPS) is 11.7. The summed E-state index contributed by atoms with van der Waals surface area (Å²) in [6.07, 6.45) is 3.67. The number of carboxylic acids is 1. The van der Waals surface area contributed by atoms with Crippen molar-refractivity contribution in [3.63, 3.8) is 0 Å². The largest absolute Gasteiger partial charge is 0.493 e. The SMILES string of the molecule is Cc1[nH]c(/C=C\C(=N)c2ccccc2OCCCOC(C)(C)O)nc1C(=O)O. The van der Waals surface area contributed by atoms with Gasteiger partial charge in [-0.1, -0.05) is 12.1 Å². The maximum absolute atomic E-state index is 11.1. The number of benzene rings is 1. The number of nitrogens with one attached hydrogen (secondary N) is 2. The van der Waals surface area contributed by atoms with E-state index in [0.717, 1.165) is 0 Å². The van der Waals surface area contributed by atoms with Gasteiger partial charge in [-0.25, -0.2) is 9.78 Å². The van der Waals surface area contributed by atoms with Gasteiger partial charge in [-0.05, 0) is 45.1 Å². The Morgan fingerprint density at radius 2 is 2.04 bits per heavy atom. The van der Waals surface area contributed by atoms with E-state index < -0.39 is 11.8 Å². The van der Waals surface area contributed by atoms with E-state index in [1.807, 2.05) is 12.1 Å². The van der Waals surface area contributed by atoms with Gasteiger partial charge >= 0.3 is 5.97 Å². The van der Waals surface area contributed by atoms with Crippen molar-refractivity contribution in [1.82, 2.24) is 9.97 Å². The Kier molecular flexibility index (Phi) is 7.08. The number of imidazole rings is 1. The molecule has 0 fully saturated rings. The lowest BCUT2D eigenvalue weighted by molar-refractivity contribution is -0.176. The van der Waals surface area contributed by atoms with Gasteiger partial charge in [-0.2, -0.15) is 0 Å². The Morgan fingerprint density at radius 1 is 1.32 bits per heavy atom. The number of hydrogen-bond donors (Lipinski definition) is 4. The van der Waals surface area contributed by atoms with Crippen LogP contribution in [0.1, 0.15) is 47.8 Å². The van der Waals surface area contributed by atoms with E-state index in [1.54, 1.807) is 39.0 Å². The third-order valence-corrected chi connectivity index (χ3v) is 3.69. The molecule has 150 valence electrons. The second-order valence-corrected chi connectivity index (χ2v) is 6.64. The molecule has 0 bridgehead atoms. The summed E-state index contributed by atoms with van der Waals surface area (Å²) < 4.78 is 11.0. The first-order chi connectivity index (χ1) is 13.2. The smallest absolute Gasteiger partial charge is 0.356 e. The van der Waals surface area contributed by atoms with Crippen molar-refractivity contribution >= 4 is 17.8 Å². The molecular formula is C20H25N3O5. The number of rotatable bonds is 10. The van der Waals surface area contributed by atoms with Gasteiger partial charge in [-0.15, -0.1) is 0 Å². The van der Waals surface area contributed by atoms with Crippen LogP contribution in [-0.4, -0.2) is 50.9 Å². The number of hydrogen-bond acceptors (Lipinski definition) is 6. The molecule has 0 saturated carbocycles. The highest BCUT2D eigenvalue weighted by atomic mass is 16.6. The van der Waals surface area contributed by atoms with Crippen LogP contribution in [0.25, 0.3) is 6.08 Å². The lowest BCUT2D eigenvalue weighted by atomic mass is 10.1. The molecule has 28 heavy (non-hydrogen) atoms. The van der Waals surface area contributed by atoms with Crippen LogP contribution in [0, 0.1) is 12.3 Å². The predicted octanol–water partition coefficient (Wildman–Crippen LogP) is 3.01. The summed E-state index contributed by atoms with van der Waals surface area (Å²) in [6, 6.07) is 7.17. The number of allylic oxidation sites excluding steroid dienone is 1. The number of aromatic carboxylic acids is 1. The van der Waals surface area contributed by atoms with E-state index in [1.165, 1.54) is 6.08 Å². The van der Waals surface area contributed by atoms with Crippen molar-refractivity contribution < 1.29 is 24.5 Å². The maximum Gasteiger partial charge on any atom is 0.356 e. The standard InChI is InChI=1S/C20H25N3O5/c1-13-18(19(24)25)23-17(22-13)10-9-15(21)14-7-4-5-8-16(14)27-11-6-12-28-20(2,3)26/h4-5,7-10,21,26H,6,11-12H2,1-3H3,(H,22,23)(H,24,25)/b10-9-,21-15?. The highest BCUT2D eigenvalue weighted by Gasteiger charge is 2.13. The van der Waals surface area contributed by atoms with Gasteiger partial charge in [0.15, 0.2) is 11.5 Å². The van der Waals surface area contributed by atoms with Gasteiger partial charge in [-0.3, -0.25) is 0 Å². The summed E-state index contributed by atoms with van der Waals surface area (Å²) in [6.45, 7) is 5.49. The highest BCUT2D eigenvalue weighted by Crippen LogP contribution is 2.20. The van der Waals surface area contributed by atoms with Gasteiger partial charge in [0, 0.05) is 17.7 Å². The zero-order chi connectivity index (χ0) is 20.7. The number of para-hydroxylation sites is 1. The monoisotopic (exact) mass is 387 g/mol. The van der Waals surface area contributed by atoms with Gasteiger partial charge < -0.3 is 30.1 Å². The molecule has 8 nitrogen and oxygen atoms in total. The van der Waals surface area contributed by atoms with E-state index in [0.29, 0.717) is 42.5 Å². The number of aromatic nitrogens is 2. The topological polar surface area (TPSA) is 129 Å². The minimum atomic E-state index is -1.17. The summed E-state index contributed by atoms with van der Waals surface area (Å²) in [5.74, 6) is -1.35. The molecule has 0 saturated heterocycles. The summed E-state index contributed by atoms with van der Waals surface area (Å²) in [4.78, 5) is 17.9. The Hall–Kier alpha value is -2.97. The summed E-state index contributed by atoms with van der Waals surface area (Å²) >= 11 is 0. The van der Waals surface area contributed by atoms with Crippen LogP contribution in [0.3, 0.4) is 0 Å². The maximum atomic E-state index is 11.1. The molecule has 1 aromatic heterocycles. The number of carboxylic acid groups (broad SMARTS) is 1. The number of ether oxygens (including phenoxy) is 2. The number of aromatic amines is 1. The molecule has 1 heterocycles. The van der Waals surface area contributed by atoms with E-state index in [2.05, 4.69) is 9.97 Å². The van der Waals surface area contributed by atoms with Crippen molar-refractivity contribution in [2.45, 2.75) is 33.0 Å². The molecule has 0 amide bonds. The average molecular weight is 387 g/mol. The van der Waals surface area contributed by atoms with Crippen LogP contribution >= 0.6 is 0 Å². The molecular weight excluding hydrogens is 362 g/mol. The van der Waals surface area contributed by atoms with Crippen molar-refractivity contribution in [3.05, 3.63) is 53.1 Å². The third kappa shape index (κ3) is 6.33. The first-order valence-electron chi connectivity index (χ1n) is 8.82. The number of aryl methyl sites for hydroxylation is 1. The lowest BCUT2D eigenvalue weighted by Gasteiger charge is -2.18. The average Bonchev–Trinajstić information content (AvgIpc) is 3.00. The van der Waals surface area contributed by atoms with Crippen LogP contribution in [-0.2, 0) is 4.74 Å². The van der Waals surface area contributed by atoms with Crippen LogP contribution in [0.15, 0.2) is 30.3 Å². The lowest BCUT2D eigenvalue weighted by Crippen LogP contribution is -2.24. The summed E-state index contributed by atoms with van der Waals surface area (Å²) in [7, 11) is 0. The van der Waals surface area contributed by atoms with Gasteiger partial charge in [0.1, 0.15) is 11.6 Å². The Bertz CT molecular complexity index is 865. The Balaban J connectivity index is 2.00. The Morgan fingerprint density at radius 3 is 2.68 bits per heavy atom. The first-order valence-corrected chi connectivity index (χ1v) is 8.82. The number of aliphatic hydroxyl groups is 1. The van der Waals surface area contributed by atoms with Crippen molar-refractivity contribution in [3.8, 4) is 5.75 Å². The second-order valence-electron chi connectivity index (χ2n) is 6.64. The molecule has 0 aliphatic rings. The van der Waals surface area contributed by atoms with Crippen molar-refractivity contribution in [1.29, 1.82) is 5.41 Å². The van der Waals surface area contributed by atoms with Crippen LogP contribution < -0.4 is 4.74 Å². The van der Waals surface area contributed by atoms with Crippen molar-refractivity contribution in [2.24, 2.45) is 0 Å². The molecule has 4 N–H and O–H groups in total. The van der Waals surface area contributed by atoms with Gasteiger partial charge in [0.05, 0.1) is 18.9 Å². The molecule has 0 atom stereocenters. The van der Waals surface area contributed by atoms with Gasteiger partial charge in [0.25, 0.3) is 0 Å². The second kappa shape index (κ2) is 9.29. The van der Waals surface area contributed by atoms with E-state index in [4.69, 9.17) is 20.0 Å². The minimum Gasteiger partial charge on any atom is -0.493 e. The molecule has 0 aliphatic carbocycles. The number of carbonyl (C=O) groups is 1. The zero-order valence-electron chi connectivity index (χ0n) is 16.2. The fourth-order valence-electron chi connectivity index (χ4n) is 2.40. The third-order valence-electron chi connectivity index (χ3n) is 3.69. The first kappa shape index (κ1) is 21.3. The zero-order valence-corrected chi connectivity index (χ0v) is 16.2. The van der Waals surface area contributed by atoms with E-state index in [9.17, 15) is 9.90 Å². The van der Waals surface area contributed by atoms with Crippen molar-refractivity contribution in [2.75, 3.05) is 13.2 Å². The predicted molar refractivity (Wildman–Crippen MR) is 105 cm³/mol. The summed E-state index contributed by atoms with van der Waals surface area (Å²) in [5, 5.41) is 26.8. The van der Waals surface area contributed by atoms with E-state index in [-0.39, 0.29) is 11.4 Å². The molecule has 0 unspecified atom stereocenters. The van der Waals surface area contributed by atoms with Crippen LogP contribution in [0.4, 0.5) is 0 Å². The number of nitrogens with zero attached hydrogens (tertiary/aromatic N) is 1. The fraction of sp³-hybridized carbons (Fsp3) is 0.350. The fourth-order valence-corrected chi connectivity index (χ4v) is 2.40. The summed E-state index contributed by atoms with van der Waals surface area (Å²) in [5.41, 5.74) is 1.22. The minimum absolute atomic E-state index is 0.0387. The van der Waals surface area contributed by atoms with E-state index >= 15 is 0 Å². The van der Waals surface area contributed by atoms with Crippen LogP contribution in [0.2, 0.25) is 0 Å². The molecule has 1 aromatic carbocycles. The molecule has 0 spiro atoms. The number of H-pyrrole nitrogens is 1. The molecule has 0 aliphatic heterocycles. The molecule has 2 aromatic rings. The molecule has 8 heteroatoms.